The van der Waals surface area contributed by atoms with Crippen molar-refractivity contribution in [2.24, 2.45) is 0 Å². The number of nitrogens with zero attached hydrogens (tertiary/aromatic N) is 1. The standard InChI is InChI=1S/C16H18ClNO3S/c1-12(13-5-7-15(17)8-6-13)10-14-4-3-9-18-16(14)11-21-22(2,19)20/h3-9,12H,10-11H2,1-2H3. The minimum absolute atomic E-state index is 0.0393. The third-order valence-electron chi connectivity index (χ3n) is 3.36. The zero-order valence-electron chi connectivity index (χ0n) is 12.5. The summed E-state index contributed by atoms with van der Waals surface area (Å²) in [7, 11) is -3.48. The van der Waals surface area contributed by atoms with Crippen molar-refractivity contribution in [2.45, 2.75) is 25.9 Å². The highest BCUT2D eigenvalue weighted by Crippen LogP contribution is 2.23. The predicted octanol–water partition coefficient (Wildman–Crippen LogP) is 3.56. The molecular weight excluding hydrogens is 322 g/mol. The fourth-order valence-electron chi connectivity index (χ4n) is 2.19. The van der Waals surface area contributed by atoms with Gasteiger partial charge in [-0.15, -0.1) is 0 Å². The second-order valence-electron chi connectivity index (χ2n) is 5.23. The van der Waals surface area contributed by atoms with Crippen molar-refractivity contribution < 1.29 is 12.6 Å². The molecule has 0 aliphatic heterocycles. The Morgan fingerprint density at radius 1 is 1.23 bits per heavy atom. The fourth-order valence-corrected chi connectivity index (χ4v) is 2.64. The first-order valence-electron chi connectivity index (χ1n) is 6.88. The molecule has 22 heavy (non-hydrogen) atoms. The van der Waals surface area contributed by atoms with Crippen LogP contribution in [0.5, 0.6) is 0 Å². The molecular formula is C16H18ClNO3S. The molecule has 4 nitrogen and oxygen atoms in total. The molecule has 0 bridgehead atoms. The van der Waals surface area contributed by atoms with Crippen molar-refractivity contribution in [3.63, 3.8) is 0 Å². The number of hydrogen-bond donors (Lipinski definition) is 0. The van der Waals surface area contributed by atoms with Gasteiger partial charge in [0, 0.05) is 11.2 Å². The van der Waals surface area contributed by atoms with Gasteiger partial charge in [0.25, 0.3) is 10.1 Å². The van der Waals surface area contributed by atoms with Gasteiger partial charge in [-0.25, -0.2) is 0 Å². The molecule has 1 aromatic carbocycles. The van der Waals surface area contributed by atoms with E-state index in [1.807, 2.05) is 36.4 Å². The summed E-state index contributed by atoms with van der Waals surface area (Å²) in [5, 5.41) is 0.708. The van der Waals surface area contributed by atoms with Crippen molar-refractivity contribution in [1.29, 1.82) is 0 Å². The monoisotopic (exact) mass is 339 g/mol. The van der Waals surface area contributed by atoms with Crippen molar-refractivity contribution in [1.82, 2.24) is 4.98 Å². The molecule has 0 aliphatic rings. The minimum Gasteiger partial charge on any atom is -0.264 e. The average Bonchev–Trinajstić information content (AvgIpc) is 2.46. The van der Waals surface area contributed by atoms with Gasteiger partial charge in [-0.1, -0.05) is 36.7 Å². The number of aromatic nitrogens is 1. The molecule has 0 N–H and O–H groups in total. The summed E-state index contributed by atoms with van der Waals surface area (Å²) in [4.78, 5) is 4.23. The molecule has 1 unspecified atom stereocenters. The lowest BCUT2D eigenvalue weighted by Crippen LogP contribution is -2.08. The lowest BCUT2D eigenvalue weighted by molar-refractivity contribution is 0.305. The van der Waals surface area contributed by atoms with Gasteiger partial charge in [-0.2, -0.15) is 8.42 Å². The second-order valence-corrected chi connectivity index (χ2v) is 7.31. The van der Waals surface area contributed by atoms with E-state index in [4.69, 9.17) is 15.8 Å². The Hall–Kier alpha value is -1.43. The molecule has 0 amide bonds. The number of pyridine rings is 1. The third kappa shape index (κ3) is 5.09. The van der Waals surface area contributed by atoms with Crippen LogP contribution in [0.3, 0.4) is 0 Å². The summed E-state index contributed by atoms with van der Waals surface area (Å²) in [5.41, 5.74) is 2.80. The summed E-state index contributed by atoms with van der Waals surface area (Å²) >= 11 is 5.90. The van der Waals surface area contributed by atoms with E-state index in [1.54, 1.807) is 6.20 Å². The maximum Gasteiger partial charge on any atom is 0.264 e. The topological polar surface area (TPSA) is 56.3 Å². The minimum atomic E-state index is -3.48. The van der Waals surface area contributed by atoms with Crippen LogP contribution < -0.4 is 0 Å². The van der Waals surface area contributed by atoms with Gasteiger partial charge in [0.05, 0.1) is 11.9 Å². The van der Waals surface area contributed by atoms with Crippen LogP contribution >= 0.6 is 11.6 Å². The second kappa shape index (κ2) is 7.22. The van der Waals surface area contributed by atoms with Crippen molar-refractivity contribution >= 4 is 21.7 Å². The van der Waals surface area contributed by atoms with E-state index in [0.29, 0.717) is 10.7 Å². The zero-order chi connectivity index (χ0) is 16.2. The Labute approximate surface area is 136 Å². The van der Waals surface area contributed by atoms with Gasteiger partial charge in [0.15, 0.2) is 0 Å². The molecule has 6 heteroatoms. The molecule has 1 heterocycles. The molecule has 0 spiro atoms. The number of halogens is 1. The van der Waals surface area contributed by atoms with Crippen LogP contribution in [-0.2, 0) is 27.3 Å². The third-order valence-corrected chi connectivity index (χ3v) is 4.16. The Kier molecular flexibility index (Phi) is 5.56. The van der Waals surface area contributed by atoms with Crippen LogP contribution in [0.2, 0.25) is 5.02 Å². The Balaban J connectivity index is 2.13. The van der Waals surface area contributed by atoms with Gasteiger partial charge in [0.2, 0.25) is 0 Å². The summed E-state index contributed by atoms with van der Waals surface area (Å²) in [6.45, 7) is 2.07. The highest BCUT2D eigenvalue weighted by Gasteiger charge is 2.12. The normalized spacial score (nSPS) is 13.0. The molecule has 118 valence electrons. The van der Waals surface area contributed by atoms with E-state index in [2.05, 4.69) is 11.9 Å². The summed E-state index contributed by atoms with van der Waals surface area (Å²) < 4.78 is 27.1. The van der Waals surface area contributed by atoms with Gasteiger partial charge < -0.3 is 0 Å². The van der Waals surface area contributed by atoms with Gasteiger partial charge >= 0.3 is 0 Å². The van der Waals surface area contributed by atoms with E-state index >= 15 is 0 Å². The summed E-state index contributed by atoms with van der Waals surface area (Å²) in [6.07, 6.45) is 3.42. The molecule has 2 rings (SSSR count). The average molecular weight is 340 g/mol. The van der Waals surface area contributed by atoms with Crippen LogP contribution in [0.15, 0.2) is 42.6 Å². The van der Waals surface area contributed by atoms with Gasteiger partial charge in [0.1, 0.15) is 6.61 Å². The lowest BCUT2D eigenvalue weighted by atomic mass is 9.93. The number of hydrogen-bond acceptors (Lipinski definition) is 4. The van der Waals surface area contributed by atoms with Crippen LogP contribution in [0.1, 0.15) is 29.7 Å². The van der Waals surface area contributed by atoms with Crippen LogP contribution in [0.4, 0.5) is 0 Å². The van der Waals surface area contributed by atoms with Crippen LogP contribution in [-0.4, -0.2) is 19.7 Å². The maximum atomic E-state index is 11.1. The van der Waals surface area contributed by atoms with Gasteiger partial charge in [-0.3, -0.25) is 9.17 Å². The van der Waals surface area contributed by atoms with Crippen molar-refractivity contribution in [2.75, 3.05) is 6.26 Å². The fraction of sp³-hybridized carbons (Fsp3) is 0.312. The molecule has 0 saturated heterocycles. The molecule has 0 fully saturated rings. The number of rotatable bonds is 6. The number of benzene rings is 1. The maximum absolute atomic E-state index is 11.1. The first-order chi connectivity index (χ1) is 10.3. The first kappa shape index (κ1) is 16.9. The quantitative estimate of drug-likeness (QED) is 0.755. The van der Waals surface area contributed by atoms with E-state index in [-0.39, 0.29) is 12.5 Å². The predicted molar refractivity (Wildman–Crippen MR) is 87.4 cm³/mol. The largest absolute Gasteiger partial charge is 0.264 e. The molecule has 0 saturated carbocycles. The molecule has 0 radical (unpaired) electrons. The van der Waals surface area contributed by atoms with Crippen molar-refractivity contribution in [3.8, 4) is 0 Å². The van der Waals surface area contributed by atoms with E-state index in [9.17, 15) is 8.42 Å². The van der Waals surface area contributed by atoms with E-state index < -0.39 is 10.1 Å². The molecule has 1 atom stereocenters. The molecule has 0 aliphatic carbocycles. The Morgan fingerprint density at radius 2 is 1.91 bits per heavy atom. The first-order valence-corrected chi connectivity index (χ1v) is 9.07. The SMILES string of the molecule is CC(Cc1cccnc1COS(C)(=O)=O)c1ccc(Cl)cc1. The van der Waals surface area contributed by atoms with Crippen molar-refractivity contribution in [3.05, 3.63) is 64.4 Å². The van der Waals surface area contributed by atoms with Crippen LogP contribution in [0.25, 0.3) is 0 Å². The zero-order valence-corrected chi connectivity index (χ0v) is 14.1. The summed E-state index contributed by atoms with van der Waals surface area (Å²) in [6, 6.07) is 11.5. The Morgan fingerprint density at radius 3 is 2.55 bits per heavy atom. The molecule has 1 aromatic heterocycles. The lowest BCUT2D eigenvalue weighted by Gasteiger charge is -2.14. The van der Waals surface area contributed by atoms with Gasteiger partial charge in [-0.05, 0) is 41.7 Å². The Bertz CT molecular complexity index is 729. The molecule has 2 aromatic rings. The van der Waals surface area contributed by atoms with Crippen LogP contribution in [0, 0.1) is 0 Å². The highest BCUT2D eigenvalue weighted by molar-refractivity contribution is 7.85. The smallest absolute Gasteiger partial charge is 0.264 e. The summed E-state index contributed by atoms with van der Waals surface area (Å²) in [5.74, 6) is 0.262. The van der Waals surface area contributed by atoms with E-state index in [1.165, 1.54) is 5.56 Å². The highest BCUT2D eigenvalue weighted by atomic mass is 35.5. The van der Waals surface area contributed by atoms with E-state index in [0.717, 1.165) is 18.2 Å².